The van der Waals surface area contributed by atoms with E-state index in [1.807, 2.05) is 0 Å². The van der Waals surface area contributed by atoms with Crippen molar-refractivity contribution in [3.63, 3.8) is 0 Å². The smallest absolute Gasteiger partial charge is 0.418 e. The van der Waals surface area contributed by atoms with Crippen molar-refractivity contribution in [1.82, 2.24) is 19.5 Å². The molecule has 2 bridgehead atoms. The lowest BCUT2D eigenvalue weighted by Crippen LogP contribution is -2.26. The second kappa shape index (κ2) is 8.43. The molecule has 0 radical (unpaired) electrons. The van der Waals surface area contributed by atoms with Crippen LogP contribution in [0.5, 0.6) is 5.75 Å². The quantitative estimate of drug-likeness (QED) is 0.325. The molecule has 0 aliphatic carbocycles. The molecule has 198 valence electrons. The van der Waals surface area contributed by atoms with Crippen LogP contribution in [0.25, 0.3) is 22.2 Å². The second-order valence-electron chi connectivity index (χ2n) is 9.83. The highest BCUT2D eigenvalue weighted by Crippen LogP contribution is 2.55. The van der Waals surface area contributed by atoms with Crippen LogP contribution < -0.4 is 4.74 Å². The summed E-state index contributed by atoms with van der Waals surface area (Å²) in [7, 11) is 0. The molecule has 7 nitrogen and oxygen atoms in total. The highest BCUT2D eigenvalue weighted by molar-refractivity contribution is 5.83. The highest BCUT2D eigenvalue weighted by atomic mass is 19.4. The van der Waals surface area contributed by atoms with Gasteiger partial charge in [-0.05, 0) is 43.2 Å². The Balaban J connectivity index is 1.51. The minimum Gasteiger partial charge on any atom is -0.434 e. The number of alkyl halides is 5. The summed E-state index contributed by atoms with van der Waals surface area (Å²) in [5.41, 5.74) is 0.960. The third-order valence-electron chi connectivity index (χ3n) is 6.82. The van der Waals surface area contributed by atoms with E-state index in [0.717, 1.165) is 0 Å². The molecular formula is C26H21F5N4O3. The van der Waals surface area contributed by atoms with Crippen molar-refractivity contribution >= 4 is 11.0 Å². The number of hydrogen-bond acceptors (Lipinski definition) is 6. The second-order valence-corrected chi connectivity index (χ2v) is 9.83. The van der Waals surface area contributed by atoms with Gasteiger partial charge in [0.05, 0.1) is 17.1 Å². The van der Waals surface area contributed by atoms with E-state index in [-0.39, 0.29) is 34.9 Å². The van der Waals surface area contributed by atoms with Crippen LogP contribution in [0.15, 0.2) is 48.8 Å². The number of aliphatic hydroxyl groups is 1. The summed E-state index contributed by atoms with van der Waals surface area (Å²) < 4.78 is 80.8. The first-order chi connectivity index (χ1) is 17.9. The molecule has 2 aliphatic heterocycles. The number of fused-ring (bicyclic) bond motifs is 9. The summed E-state index contributed by atoms with van der Waals surface area (Å²) >= 11 is 0. The summed E-state index contributed by atoms with van der Waals surface area (Å²) in [4.78, 5) is 13.0. The fourth-order valence-corrected chi connectivity index (χ4v) is 5.25. The Morgan fingerprint density at radius 1 is 1.08 bits per heavy atom. The van der Waals surface area contributed by atoms with Gasteiger partial charge in [0.15, 0.2) is 11.9 Å². The van der Waals surface area contributed by atoms with Crippen LogP contribution in [0.4, 0.5) is 22.0 Å². The number of rotatable bonds is 4. The van der Waals surface area contributed by atoms with Gasteiger partial charge >= 0.3 is 12.8 Å². The summed E-state index contributed by atoms with van der Waals surface area (Å²) in [5.74, 6) is 0.196. The van der Waals surface area contributed by atoms with Crippen LogP contribution in [-0.2, 0) is 10.3 Å². The molecule has 0 fully saturated rings. The van der Waals surface area contributed by atoms with Crippen LogP contribution in [0.2, 0.25) is 0 Å². The molecule has 0 saturated heterocycles. The molecule has 3 atom stereocenters. The van der Waals surface area contributed by atoms with Crippen LogP contribution >= 0.6 is 0 Å². The molecular weight excluding hydrogens is 511 g/mol. The number of benzene rings is 2. The highest BCUT2D eigenvalue weighted by Gasteiger charge is 2.51. The van der Waals surface area contributed by atoms with Gasteiger partial charge in [0, 0.05) is 29.9 Å². The molecule has 4 heterocycles. The van der Waals surface area contributed by atoms with Crippen LogP contribution in [-0.4, -0.2) is 37.4 Å². The number of halogens is 5. The Hall–Kier alpha value is -3.64. The Bertz CT molecular complexity index is 1530. The van der Waals surface area contributed by atoms with E-state index in [0.29, 0.717) is 22.2 Å². The maximum absolute atomic E-state index is 14.1. The molecule has 2 aromatic carbocycles. The number of ether oxygens (including phenoxy) is 2. The Labute approximate surface area is 212 Å². The van der Waals surface area contributed by atoms with Gasteiger partial charge in [0.25, 0.3) is 0 Å². The van der Waals surface area contributed by atoms with Crippen LogP contribution in [0, 0.1) is 0 Å². The first kappa shape index (κ1) is 24.7. The summed E-state index contributed by atoms with van der Waals surface area (Å²) in [6.45, 7) is -0.0800. The summed E-state index contributed by atoms with van der Waals surface area (Å²) in [6.07, 6.45) is -4.90. The van der Waals surface area contributed by atoms with Gasteiger partial charge in [-0.2, -0.15) is 22.0 Å². The molecule has 0 saturated carbocycles. The number of aromatic nitrogens is 4. The monoisotopic (exact) mass is 532 g/mol. The zero-order valence-corrected chi connectivity index (χ0v) is 20.1. The Morgan fingerprint density at radius 3 is 2.47 bits per heavy atom. The van der Waals surface area contributed by atoms with Gasteiger partial charge in [-0.15, -0.1) is 0 Å². The van der Waals surface area contributed by atoms with E-state index in [2.05, 4.69) is 19.7 Å². The minimum absolute atomic E-state index is 0.000980. The van der Waals surface area contributed by atoms with Crippen molar-refractivity contribution in [1.29, 1.82) is 0 Å². The molecule has 1 N–H and O–H groups in total. The lowest BCUT2D eigenvalue weighted by Gasteiger charge is -2.27. The third-order valence-corrected chi connectivity index (χ3v) is 6.82. The molecule has 0 spiro atoms. The van der Waals surface area contributed by atoms with Crippen LogP contribution in [0.1, 0.15) is 61.3 Å². The minimum atomic E-state index is -4.78. The topological polar surface area (TPSA) is 82.3 Å². The molecule has 6 rings (SSSR count). The standard InChI is InChI=1S/C26H21F5N4O3/c1-25(2,36)23-32-10-13(11-33-23)12-6-7-15-16(8-12)35-17-9-19(22(35)34-15)37-21(26(29,30)31)14-4-3-5-18(20(14)17)38-24(27)28/h3-8,10-11,17,19,21,24,36H,9H2,1-2H3/t17-,19-,21?/m1/s1. The van der Waals surface area contributed by atoms with Gasteiger partial charge in [-0.1, -0.05) is 18.2 Å². The predicted octanol–water partition coefficient (Wildman–Crippen LogP) is 5.99. The van der Waals surface area contributed by atoms with E-state index in [9.17, 15) is 27.1 Å². The fraction of sp³-hybridized carbons (Fsp3) is 0.346. The lowest BCUT2D eigenvalue weighted by molar-refractivity contribution is -0.237. The number of hydrogen-bond donors (Lipinski definition) is 1. The zero-order valence-electron chi connectivity index (χ0n) is 20.1. The predicted molar refractivity (Wildman–Crippen MR) is 124 cm³/mol. The molecule has 2 aliphatic rings. The Morgan fingerprint density at radius 2 is 1.82 bits per heavy atom. The molecule has 4 aromatic rings. The van der Waals surface area contributed by atoms with Gasteiger partial charge < -0.3 is 19.1 Å². The molecule has 2 aromatic heterocycles. The molecule has 38 heavy (non-hydrogen) atoms. The first-order valence-electron chi connectivity index (χ1n) is 11.8. The summed E-state index contributed by atoms with van der Waals surface area (Å²) in [5, 5.41) is 10.1. The molecule has 1 unspecified atom stereocenters. The van der Waals surface area contributed by atoms with Gasteiger partial charge in [-0.25, -0.2) is 15.0 Å². The average molecular weight is 532 g/mol. The number of nitrogens with zero attached hydrogens (tertiary/aromatic N) is 4. The fourth-order valence-electron chi connectivity index (χ4n) is 5.25. The largest absolute Gasteiger partial charge is 0.434 e. The van der Waals surface area contributed by atoms with Gasteiger partial charge in [-0.3, -0.25) is 0 Å². The number of imidazole rings is 1. The van der Waals surface area contributed by atoms with Crippen molar-refractivity contribution in [3.05, 3.63) is 71.6 Å². The van der Waals surface area contributed by atoms with Crippen molar-refractivity contribution in [3.8, 4) is 16.9 Å². The van der Waals surface area contributed by atoms with Crippen molar-refractivity contribution in [2.45, 2.75) is 56.9 Å². The third kappa shape index (κ3) is 3.99. The summed E-state index contributed by atoms with van der Waals surface area (Å²) in [6, 6.07) is 8.23. The van der Waals surface area contributed by atoms with E-state index in [1.165, 1.54) is 18.2 Å². The van der Waals surface area contributed by atoms with E-state index < -0.39 is 36.6 Å². The van der Waals surface area contributed by atoms with Gasteiger partial charge in [0.1, 0.15) is 23.3 Å². The lowest BCUT2D eigenvalue weighted by atomic mass is 9.94. The van der Waals surface area contributed by atoms with E-state index in [1.54, 1.807) is 49.0 Å². The molecule has 12 heteroatoms. The van der Waals surface area contributed by atoms with Crippen molar-refractivity contribution < 1.29 is 36.5 Å². The first-order valence-corrected chi connectivity index (χ1v) is 11.8. The van der Waals surface area contributed by atoms with Crippen LogP contribution in [0.3, 0.4) is 0 Å². The maximum atomic E-state index is 14.1. The maximum Gasteiger partial charge on any atom is 0.418 e. The van der Waals surface area contributed by atoms with Crippen molar-refractivity contribution in [2.24, 2.45) is 0 Å². The Kier molecular flexibility index (Phi) is 5.48. The zero-order chi connectivity index (χ0) is 27.0. The van der Waals surface area contributed by atoms with E-state index >= 15 is 0 Å². The normalized spacial score (nSPS) is 20.9. The average Bonchev–Trinajstić information content (AvgIpc) is 3.31. The van der Waals surface area contributed by atoms with Gasteiger partial charge in [0.2, 0.25) is 0 Å². The molecule has 0 amide bonds. The van der Waals surface area contributed by atoms with Crippen molar-refractivity contribution in [2.75, 3.05) is 0 Å². The SMILES string of the molecule is CC(C)(O)c1ncc(-c2ccc3nc4n(c3c2)[C@@H]2C[C@H]4OC(C(F)(F)F)c3cccc(OC(F)F)c32)cn1. The van der Waals surface area contributed by atoms with E-state index in [4.69, 9.17) is 4.74 Å².